The van der Waals surface area contributed by atoms with E-state index in [0.29, 0.717) is 45.1 Å². The average Bonchev–Trinajstić information content (AvgIpc) is 3.27. The molecule has 0 N–H and O–H groups in total. The van der Waals surface area contributed by atoms with Crippen LogP contribution < -0.4 is 9.47 Å². The van der Waals surface area contributed by atoms with E-state index in [9.17, 15) is 9.59 Å². The molecule has 0 saturated carbocycles. The fourth-order valence-electron chi connectivity index (χ4n) is 3.98. The standard InChI is InChI=1S/C22H32N2O4/c1-2-27-19-8-3-4-9-20(19)28-17-7-10-21(25)23-15-11-18(12-16-23)22(26)24-13-5-6-14-24/h3-4,8-9,18H,2,5-7,10-17H2,1H3. The Bertz CT molecular complexity index is 650. The first kappa shape index (κ1) is 20.5. The van der Waals surface area contributed by atoms with Crippen LogP contribution in [0.3, 0.4) is 0 Å². The number of nitrogens with zero attached hydrogens (tertiary/aromatic N) is 2. The number of piperidine rings is 1. The van der Waals surface area contributed by atoms with Crippen LogP contribution in [0.25, 0.3) is 0 Å². The molecule has 1 aromatic rings. The molecule has 6 heteroatoms. The third-order valence-electron chi connectivity index (χ3n) is 5.56. The lowest BCUT2D eigenvalue weighted by atomic mass is 9.95. The van der Waals surface area contributed by atoms with Gasteiger partial charge >= 0.3 is 0 Å². The third kappa shape index (κ3) is 5.40. The van der Waals surface area contributed by atoms with Gasteiger partial charge in [-0.05, 0) is 51.2 Å². The number of para-hydroxylation sites is 2. The van der Waals surface area contributed by atoms with Crippen molar-refractivity contribution in [3.05, 3.63) is 24.3 Å². The third-order valence-corrected chi connectivity index (χ3v) is 5.56. The van der Waals surface area contributed by atoms with Crippen molar-refractivity contribution < 1.29 is 19.1 Å². The molecule has 6 nitrogen and oxygen atoms in total. The fraction of sp³-hybridized carbons (Fsp3) is 0.636. The van der Waals surface area contributed by atoms with Gasteiger partial charge in [0.1, 0.15) is 0 Å². The minimum Gasteiger partial charge on any atom is -0.490 e. The average molecular weight is 389 g/mol. The van der Waals surface area contributed by atoms with E-state index >= 15 is 0 Å². The van der Waals surface area contributed by atoms with E-state index in [1.54, 1.807) is 0 Å². The molecule has 28 heavy (non-hydrogen) atoms. The van der Waals surface area contributed by atoms with Gasteiger partial charge in [0.2, 0.25) is 11.8 Å². The summed E-state index contributed by atoms with van der Waals surface area (Å²) in [5, 5.41) is 0. The Labute approximate surface area is 167 Å². The zero-order valence-electron chi connectivity index (χ0n) is 16.9. The monoisotopic (exact) mass is 388 g/mol. The van der Waals surface area contributed by atoms with E-state index < -0.39 is 0 Å². The highest BCUT2D eigenvalue weighted by Crippen LogP contribution is 2.27. The first-order chi connectivity index (χ1) is 13.7. The summed E-state index contributed by atoms with van der Waals surface area (Å²) in [6.45, 7) is 6.22. The van der Waals surface area contributed by atoms with Gasteiger partial charge in [-0.15, -0.1) is 0 Å². The largest absolute Gasteiger partial charge is 0.490 e. The van der Waals surface area contributed by atoms with E-state index in [1.807, 2.05) is 41.0 Å². The number of ether oxygens (including phenoxy) is 2. The molecule has 0 spiro atoms. The van der Waals surface area contributed by atoms with Gasteiger partial charge in [-0.1, -0.05) is 12.1 Å². The molecule has 1 aromatic carbocycles. The van der Waals surface area contributed by atoms with Crippen LogP contribution in [0.2, 0.25) is 0 Å². The summed E-state index contributed by atoms with van der Waals surface area (Å²) in [5.41, 5.74) is 0. The molecule has 0 radical (unpaired) electrons. The quantitative estimate of drug-likeness (QED) is 0.642. The Morgan fingerprint density at radius 2 is 1.61 bits per heavy atom. The lowest BCUT2D eigenvalue weighted by molar-refractivity contribution is -0.140. The molecule has 2 fully saturated rings. The molecule has 2 saturated heterocycles. The number of carbonyl (C=O) groups excluding carboxylic acids is 2. The highest BCUT2D eigenvalue weighted by Gasteiger charge is 2.30. The number of hydrogen-bond acceptors (Lipinski definition) is 4. The predicted molar refractivity (Wildman–Crippen MR) is 107 cm³/mol. The molecular weight excluding hydrogens is 356 g/mol. The van der Waals surface area contributed by atoms with Gasteiger partial charge in [-0.2, -0.15) is 0 Å². The van der Waals surface area contributed by atoms with Crippen molar-refractivity contribution in [3.8, 4) is 11.5 Å². The number of amides is 2. The minimum absolute atomic E-state index is 0.0977. The van der Waals surface area contributed by atoms with Crippen LogP contribution in [-0.4, -0.2) is 61.0 Å². The Morgan fingerprint density at radius 3 is 2.25 bits per heavy atom. The van der Waals surface area contributed by atoms with Gasteiger partial charge in [-0.3, -0.25) is 9.59 Å². The van der Waals surface area contributed by atoms with Crippen molar-refractivity contribution in [1.82, 2.24) is 9.80 Å². The molecule has 3 rings (SSSR count). The van der Waals surface area contributed by atoms with Crippen LogP contribution >= 0.6 is 0 Å². The molecule has 0 bridgehead atoms. The summed E-state index contributed by atoms with van der Waals surface area (Å²) >= 11 is 0. The van der Waals surface area contributed by atoms with Gasteiger partial charge in [0.05, 0.1) is 13.2 Å². The summed E-state index contributed by atoms with van der Waals surface area (Å²) in [6, 6.07) is 7.60. The van der Waals surface area contributed by atoms with Crippen molar-refractivity contribution in [2.24, 2.45) is 5.92 Å². The number of likely N-dealkylation sites (tertiary alicyclic amines) is 2. The highest BCUT2D eigenvalue weighted by atomic mass is 16.5. The molecule has 2 heterocycles. The minimum atomic E-state index is 0.0977. The lowest BCUT2D eigenvalue weighted by Gasteiger charge is -2.33. The number of carbonyl (C=O) groups is 2. The summed E-state index contributed by atoms with van der Waals surface area (Å²) in [4.78, 5) is 28.9. The molecule has 0 unspecified atom stereocenters. The SMILES string of the molecule is CCOc1ccccc1OCCCC(=O)N1CCC(C(=O)N2CCCC2)CC1. The normalized spacial score (nSPS) is 17.6. The molecule has 2 aliphatic heterocycles. The van der Waals surface area contributed by atoms with Gasteiger partial charge in [0.15, 0.2) is 11.5 Å². The first-order valence-corrected chi connectivity index (χ1v) is 10.6. The van der Waals surface area contributed by atoms with Crippen molar-refractivity contribution >= 4 is 11.8 Å². The van der Waals surface area contributed by atoms with Crippen LogP contribution in [0, 0.1) is 5.92 Å². The molecule has 2 amide bonds. The van der Waals surface area contributed by atoms with Crippen molar-refractivity contribution in [2.75, 3.05) is 39.4 Å². The summed E-state index contributed by atoms with van der Waals surface area (Å²) in [6.07, 6.45) is 4.98. The second-order valence-electron chi connectivity index (χ2n) is 7.52. The lowest BCUT2D eigenvalue weighted by Crippen LogP contribution is -2.43. The highest BCUT2D eigenvalue weighted by molar-refractivity contribution is 5.80. The molecule has 0 aliphatic carbocycles. The van der Waals surface area contributed by atoms with E-state index in [1.165, 1.54) is 0 Å². The van der Waals surface area contributed by atoms with E-state index in [-0.39, 0.29) is 11.8 Å². The maximum atomic E-state index is 12.5. The Hall–Kier alpha value is -2.24. The van der Waals surface area contributed by atoms with Gasteiger partial charge in [0, 0.05) is 38.5 Å². The van der Waals surface area contributed by atoms with Crippen molar-refractivity contribution in [3.63, 3.8) is 0 Å². The second kappa shape index (κ2) is 10.3. The van der Waals surface area contributed by atoms with Crippen molar-refractivity contribution in [1.29, 1.82) is 0 Å². The van der Waals surface area contributed by atoms with E-state index in [0.717, 1.165) is 50.3 Å². The topological polar surface area (TPSA) is 59.1 Å². The van der Waals surface area contributed by atoms with Crippen LogP contribution in [0.4, 0.5) is 0 Å². The second-order valence-corrected chi connectivity index (χ2v) is 7.52. The van der Waals surface area contributed by atoms with Crippen LogP contribution in [0.1, 0.15) is 45.4 Å². The molecule has 0 atom stereocenters. The summed E-state index contributed by atoms with van der Waals surface area (Å²) in [5.74, 6) is 2.01. The Kier molecular flexibility index (Phi) is 7.57. The summed E-state index contributed by atoms with van der Waals surface area (Å²) < 4.78 is 11.3. The number of hydrogen-bond donors (Lipinski definition) is 0. The first-order valence-electron chi connectivity index (χ1n) is 10.6. The fourth-order valence-corrected chi connectivity index (χ4v) is 3.98. The van der Waals surface area contributed by atoms with Crippen molar-refractivity contribution in [2.45, 2.75) is 45.4 Å². The predicted octanol–water partition coefficient (Wildman–Crippen LogP) is 3.11. The molecule has 0 aromatic heterocycles. The summed E-state index contributed by atoms with van der Waals surface area (Å²) in [7, 11) is 0. The maximum Gasteiger partial charge on any atom is 0.225 e. The van der Waals surface area contributed by atoms with Gasteiger partial charge < -0.3 is 19.3 Å². The Morgan fingerprint density at radius 1 is 0.964 bits per heavy atom. The molecule has 154 valence electrons. The van der Waals surface area contributed by atoms with Gasteiger partial charge in [0.25, 0.3) is 0 Å². The molecule has 2 aliphatic rings. The van der Waals surface area contributed by atoms with Crippen LogP contribution in [0.5, 0.6) is 11.5 Å². The van der Waals surface area contributed by atoms with E-state index in [4.69, 9.17) is 9.47 Å². The van der Waals surface area contributed by atoms with E-state index in [2.05, 4.69) is 0 Å². The van der Waals surface area contributed by atoms with Crippen LogP contribution in [-0.2, 0) is 9.59 Å². The smallest absolute Gasteiger partial charge is 0.225 e. The number of benzene rings is 1. The molecular formula is C22H32N2O4. The Balaban J connectivity index is 1.35. The van der Waals surface area contributed by atoms with Gasteiger partial charge in [-0.25, -0.2) is 0 Å². The number of rotatable bonds is 8. The zero-order valence-corrected chi connectivity index (χ0v) is 16.9. The van der Waals surface area contributed by atoms with Crippen LogP contribution in [0.15, 0.2) is 24.3 Å². The zero-order chi connectivity index (χ0) is 19.8. The maximum absolute atomic E-state index is 12.5.